The van der Waals surface area contributed by atoms with E-state index in [1.54, 1.807) is 18.6 Å². The van der Waals surface area contributed by atoms with Gasteiger partial charge in [0.05, 0.1) is 16.8 Å². The van der Waals surface area contributed by atoms with Gasteiger partial charge in [0.2, 0.25) is 11.8 Å². The summed E-state index contributed by atoms with van der Waals surface area (Å²) in [6, 6.07) is 17.8. The molecule has 3 N–H and O–H groups in total. The molecule has 328 valence electrons. The molecular weight excluding hydrogens is 815 g/mol. The van der Waals surface area contributed by atoms with E-state index in [0.717, 1.165) is 88.9 Å². The number of H-pyrrole nitrogens is 1. The highest BCUT2D eigenvalue weighted by Gasteiger charge is 2.46. The molecule has 0 saturated carbocycles. The zero-order chi connectivity index (χ0) is 44.7. The fourth-order valence-corrected chi connectivity index (χ4v) is 8.27. The van der Waals surface area contributed by atoms with E-state index in [1.165, 1.54) is 12.1 Å². The first-order valence-electron chi connectivity index (χ1n) is 21.8. The summed E-state index contributed by atoms with van der Waals surface area (Å²) in [7, 11) is 0. The molecule has 6 heterocycles. The van der Waals surface area contributed by atoms with Crippen LogP contribution in [0.4, 0.5) is 0 Å². The summed E-state index contributed by atoms with van der Waals surface area (Å²) in [5.74, 6) is -1.90. The monoisotopic (exact) mass is 863 g/mol. The lowest BCUT2D eigenvalue weighted by Crippen LogP contribution is -2.54. The second-order valence-electron chi connectivity index (χ2n) is 16.4. The Morgan fingerprint density at radius 1 is 0.844 bits per heavy atom. The average molecular weight is 864 g/mol. The lowest BCUT2D eigenvalue weighted by Gasteiger charge is -2.27. The van der Waals surface area contributed by atoms with Crippen LogP contribution in [0.15, 0.2) is 85.6 Å². The van der Waals surface area contributed by atoms with Crippen LogP contribution in [0.5, 0.6) is 5.75 Å². The Kier molecular flexibility index (Phi) is 13.1. The molecule has 1 saturated heterocycles. The van der Waals surface area contributed by atoms with E-state index in [9.17, 15) is 28.8 Å². The maximum atomic E-state index is 13.3. The summed E-state index contributed by atoms with van der Waals surface area (Å²) >= 11 is 0. The highest BCUT2D eigenvalue weighted by Crippen LogP contribution is 2.35. The smallest absolute Gasteiger partial charge is 0.266 e. The number of nitrogens with zero attached hydrogens (tertiary/aromatic N) is 6. The topological polar surface area (TPSA) is 211 Å². The number of hydrogen-bond donors (Lipinski definition) is 3. The van der Waals surface area contributed by atoms with Crippen molar-refractivity contribution in [3.05, 3.63) is 102 Å². The van der Waals surface area contributed by atoms with Crippen LogP contribution >= 0.6 is 0 Å². The zero-order valence-electron chi connectivity index (χ0n) is 35.8. The van der Waals surface area contributed by atoms with Gasteiger partial charge in [-0.1, -0.05) is 62.4 Å². The largest absolute Gasteiger partial charge is 0.483 e. The summed E-state index contributed by atoms with van der Waals surface area (Å²) in [5.41, 5.74) is 6.13. The standard InChI is InChI=1S/C48H49N9O7/c1-29(2)56-28-52-55-45(56)31-16-14-30(15-17-31)32-23-33(26-49-25-32)34-20-22-51-44-36(34)24-37(53-44)39(58)12-8-6-4-3-5-7-9-21-50-42(60)27-64-40-13-10-11-35-43(40)48(63)57(47(35)62)38-18-19-41(59)54-46(38)61/h10-11,13-17,20,22-26,28-29,38H,3-9,12,18-19,21,27H2,1-2H3,(H,50,60)(H,51,53)(H,54,59,61). The van der Waals surface area contributed by atoms with Crippen LogP contribution in [-0.4, -0.2) is 89.1 Å². The summed E-state index contributed by atoms with van der Waals surface area (Å²) in [6.45, 7) is 4.31. The molecule has 8 rings (SSSR count). The Hall–Kier alpha value is -7.36. The van der Waals surface area contributed by atoms with E-state index in [0.29, 0.717) is 24.3 Å². The van der Waals surface area contributed by atoms with Gasteiger partial charge in [-0.3, -0.25) is 44.0 Å². The Morgan fingerprint density at radius 3 is 2.38 bits per heavy atom. The number of pyridine rings is 2. The van der Waals surface area contributed by atoms with Crippen molar-refractivity contribution in [3.8, 4) is 39.4 Å². The molecule has 5 amide bonds. The van der Waals surface area contributed by atoms with Crippen molar-refractivity contribution < 1.29 is 33.5 Å². The van der Waals surface area contributed by atoms with Gasteiger partial charge < -0.3 is 19.6 Å². The number of Topliss-reactive ketones (excluding diaryl/α,β-unsaturated/α-hetero) is 1. The molecule has 0 spiro atoms. The second kappa shape index (κ2) is 19.4. The summed E-state index contributed by atoms with van der Waals surface area (Å²) in [6.07, 6.45) is 14.1. The quantitative estimate of drug-likeness (QED) is 0.0427. The van der Waals surface area contributed by atoms with E-state index >= 15 is 0 Å². The third kappa shape index (κ3) is 9.35. The predicted molar refractivity (Wildman–Crippen MR) is 237 cm³/mol. The SMILES string of the molecule is CC(C)n1cnnc1-c1ccc(-c2cncc(-c3ccnc4[nH]c(C(=O)CCCCCCCCCNC(=O)COc5cccc6c5C(=O)N(C5CCC(=O)NC5=O)C6=O)cc34)c2)cc1. The van der Waals surface area contributed by atoms with Crippen molar-refractivity contribution in [3.63, 3.8) is 0 Å². The van der Waals surface area contributed by atoms with Crippen molar-refractivity contribution in [2.75, 3.05) is 13.2 Å². The molecule has 1 fully saturated rings. The number of benzene rings is 2. The van der Waals surface area contributed by atoms with Gasteiger partial charge in [-0.05, 0) is 74.6 Å². The molecule has 16 heteroatoms. The Bertz CT molecular complexity index is 2740. The van der Waals surface area contributed by atoms with Gasteiger partial charge in [0, 0.05) is 66.1 Å². The first kappa shape index (κ1) is 43.3. The minimum atomic E-state index is -1.09. The van der Waals surface area contributed by atoms with Crippen molar-refractivity contribution in [2.45, 2.75) is 90.1 Å². The number of aromatic nitrogens is 6. The maximum absolute atomic E-state index is 13.3. The molecule has 1 unspecified atom stereocenters. The van der Waals surface area contributed by atoms with Crippen LogP contribution in [-0.2, 0) is 14.4 Å². The molecule has 4 aromatic heterocycles. The fraction of sp³-hybridized carbons (Fsp3) is 0.333. The van der Waals surface area contributed by atoms with E-state index in [-0.39, 0.29) is 54.1 Å². The van der Waals surface area contributed by atoms with Gasteiger partial charge in [0.1, 0.15) is 23.8 Å². The third-order valence-electron chi connectivity index (χ3n) is 11.7. The molecule has 2 aromatic carbocycles. The summed E-state index contributed by atoms with van der Waals surface area (Å²) in [4.78, 5) is 89.2. The molecule has 2 aliphatic rings. The first-order valence-corrected chi connectivity index (χ1v) is 21.8. The highest BCUT2D eigenvalue weighted by atomic mass is 16.5. The minimum Gasteiger partial charge on any atom is -0.483 e. The van der Waals surface area contributed by atoms with Gasteiger partial charge in [-0.15, -0.1) is 10.2 Å². The zero-order valence-corrected chi connectivity index (χ0v) is 35.8. The van der Waals surface area contributed by atoms with Gasteiger partial charge >= 0.3 is 0 Å². The maximum Gasteiger partial charge on any atom is 0.266 e. The van der Waals surface area contributed by atoms with Gasteiger partial charge in [0.25, 0.3) is 17.7 Å². The number of carbonyl (C=O) groups excluding carboxylic acids is 6. The van der Waals surface area contributed by atoms with E-state index in [2.05, 4.69) is 67.8 Å². The van der Waals surface area contributed by atoms with E-state index in [4.69, 9.17) is 4.74 Å². The van der Waals surface area contributed by atoms with E-state index in [1.807, 2.05) is 41.2 Å². The Labute approximate surface area is 369 Å². The molecular formula is C48H49N9O7. The Morgan fingerprint density at radius 2 is 1.59 bits per heavy atom. The molecule has 0 aliphatic carbocycles. The van der Waals surface area contributed by atoms with Crippen LogP contribution < -0.4 is 15.4 Å². The van der Waals surface area contributed by atoms with Crippen LogP contribution in [0.3, 0.4) is 0 Å². The molecule has 6 aromatic rings. The number of hydrogen-bond acceptors (Lipinski definition) is 11. The van der Waals surface area contributed by atoms with Crippen LogP contribution in [0.1, 0.15) is 115 Å². The molecule has 0 radical (unpaired) electrons. The van der Waals surface area contributed by atoms with Crippen molar-refractivity contribution in [2.24, 2.45) is 0 Å². The van der Waals surface area contributed by atoms with Gasteiger partial charge in [0.15, 0.2) is 18.2 Å². The summed E-state index contributed by atoms with van der Waals surface area (Å²) < 4.78 is 7.70. The fourth-order valence-electron chi connectivity index (χ4n) is 8.27. The Balaban J connectivity index is 0.737. The highest BCUT2D eigenvalue weighted by molar-refractivity contribution is 6.24. The minimum absolute atomic E-state index is 0.00103. The first-order chi connectivity index (χ1) is 31.1. The average Bonchev–Trinajstić information content (AvgIpc) is 4.04. The number of fused-ring (bicyclic) bond motifs is 2. The number of aromatic amines is 1. The number of nitrogens with one attached hydrogen (secondary N) is 3. The van der Waals surface area contributed by atoms with Crippen molar-refractivity contribution in [1.29, 1.82) is 0 Å². The lowest BCUT2D eigenvalue weighted by molar-refractivity contribution is -0.136. The number of imide groups is 2. The third-order valence-corrected chi connectivity index (χ3v) is 11.7. The molecule has 64 heavy (non-hydrogen) atoms. The molecule has 16 nitrogen and oxygen atoms in total. The number of ether oxygens (including phenoxy) is 1. The second-order valence-corrected chi connectivity index (χ2v) is 16.4. The van der Waals surface area contributed by atoms with Crippen molar-refractivity contribution in [1.82, 2.24) is 45.2 Å². The predicted octanol–water partition coefficient (Wildman–Crippen LogP) is 7.03. The van der Waals surface area contributed by atoms with Crippen LogP contribution in [0, 0.1) is 0 Å². The molecule has 0 bridgehead atoms. The van der Waals surface area contributed by atoms with E-state index < -0.39 is 29.7 Å². The van der Waals surface area contributed by atoms with Gasteiger partial charge in [-0.2, -0.15) is 0 Å². The molecule has 1 atom stereocenters. The lowest BCUT2D eigenvalue weighted by atomic mass is 10.00. The number of ketones is 1. The number of carbonyl (C=O) groups is 6. The van der Waals surface area contributed by atoms with Crippen molar-refractivity contribution >= 4 is 46.4 Å². The van der Waals surface area contributed by atoms with Crippen LogP contribution in [0.25, 0.3) is 44.7 Å². The van der Waals surface area contributed by atoms with Crippen LogP contribution in [0.2, 0.25) is 0 Å². The number of rotatable bonds is 19. The number of unbranched alkanes of at least 4 members (excludes halogenated alkanes) is 6. The van der Waals surface area contributed by atoms with Gasteiger partial charge in [-0.25, -0.2) is 4.98 Å². The molecule has 2 aliphatic heterocycles. The summed E-state index contributed by atoms with van der Waals surface area (Å²) in [5, 5.41) is 14.3. The normalized spacial score (nSPS) is 14.9. The number of piperidine rings is 1. The number of amides is 5.